The van der Waals surface area contributed by atoms with Gasteiger partial charge in [0.15, 0.2) is 0 Å². The van der Waals surface area contributed by atoms with Gasteiger partial charge in [0, 0.05) is 23.1 Å². The third-order valence-electron chi connectivity index (χ3n) is 5.74. The molecular formula is C27H29Cl2N3O4S. The van der Waals surface area contributed by atoms with Gasteiger partial charge in [0.05, 0.1) is 10.6 Å². The minimum Gasteiger partial charge on any atom is -0.355 e. The van der Waals surface area contributed by atoms with Crippen molar-refractivity contribution in [3.63, 3.8) is 0 Å². The smallest absolute Gasteiger partial charge is 0.264 e. The number of sulfonamides is 1. The van der Waals surface area contributed by atoms with Crippen LogP contribution in [0, 0.1) is 6.92 Å². The molecule has 37 heavy (non-hydrogen) atoms. The Kier molecular flexibility index (Phi) is 9.59. The molecule has 3 aromatic carbocycles. The number of nitrogens with zero attached hydrogens (tertiary/aromatic N) is 2. The SMILES string of the molecule is CCNC(=O)[C@H](C)N(Cc1cccc(Cl)c1)C(=O)CN(c1cccc(Cl)c1)S(=O)(=O)c1ccc(C)cc1. The number of rotatable bonds is 10. The topological polar surface area (TPSA) is 86.8 Å². The van der Waals surface area contributed by atoms with Crippen molar-refractivity contribution in [3.8, 4) is 0 Å². The van der Waals surface area contributed by atoms with E-state index < -0.39 is 28.5 Å². The van der Waals surface area contributed by atoms with Gasteiger partial charge in [0.2, 0.25) is 11.8 Å². The highest BCUT2D eigenvalue weighted by Crippen LogP contribution is 2.27. The van der Waals surface area contributed by atoms with Crippen molar-refractivity contribution in [2.45, 2.75) is 38.3 Å². The zero-order chi connectivity index (χ0) is 27.2. The molecule has 0 aliphatic carbocycles. The molecule has 0 saturated carbocycles. The van der Waals surface area contributed by atoms with E-state index >= 15 is 0 Å². The van der Waals surface area contributed by atoms with Crippen LogP contribution in [0.2, 0.25) is 10.0 Å². The van der Waals surface area contributed by atoms with Gasteiger partial charge in [-0.25, -0.2) is 8.42 Å². The van der Waals surface area contributed by atoms with E-state index in [4.69, 9.17) is 23.2 Å². The van der Waals surface area contributed by atoms with Crippen molar-refractivity contribution in [2.75, 3.05) is 17.4 Å². The standard InChI is InChI=1S/C27H29Cl2N3O4S/c1-4-30-27(34)20(3)31(17-21-7-5-8-22(28)15-21)26(33)18-32(24-10-6-9-23(29)16-24)37(35,36)25-13-11-19(2)12-14-25/h5-16,20H,4,17-18H2,1-3H3,(H,30,34)/t20-/m0/s1. The molecule has 196 valence electrons. The van der Waals surface area contributed by atoms with Crippen LogP contribution in [0.5, 0.6) is 0 Å². The number of amides is 2. The number of benzene rings is 3. The summed E-state index contributed by atoms with van der Waals surface area (Å²) in [4.78, 5) is 27.9. The lowest BCUT2D eigenvalue weighted by molar-refractivity contribution is -0.139. The van der Waals surface area contributed by atoms with Crippen LogP contribution >= 0.6 is 23.2 Å². The summed E-state index contributed by atoms with van der Waals surface area (Å²) in [6, 6.07) is 18.7. The number of halogens is 2. The molecule has 0 bridgehead atoms. The molecule has 3 aromatic rings. The number of anilines is 1. The van der Waals surface area contributed by atoms with Crippen LogP contribution in [-0.4, -0.2) is 44.3 Å². The Labute approximate surface area is 228 Å². The number of hydrogen-bond acceptors (Lipinski definition) is 4. The summed E-state index contributed by atoms with van der Waals surface area (Å²) in [5, 5.41) is 3.53. The predicted molar refractivity (Wildman–Crippen MR) is 147 cm³/mol. The lowest BCUT2D eigenvalue weighted by Gasteiger charge is -2.32. The summed E-state index contributed by atoms with van der Waals surface area (Å²) in [6.07, 6.45) is 0. The van der Waals surface area contributed by atoms with Gasteiger partial charge in [-0.2, -0.15) is 0 Å². The molecule has 0 fully saturated rings. The predicted octanol–water partition coefficient (Wildman–Crippen LogP) is 5.05. The van der Waals surface area contributed by atoms with Crippen molar-refractivity contribution in [2.24, 2.45) is 0 Å². The van der Waals surface area contributed by atoms with E-state index in [1.165, 1.54) is 23.1 Å². The van der Waals surface area contributed by atoms with Crippen molar-refractivity contribution in [1.29, 1.82) is 0 Å². The van der Waals surface area contributed by atoms with Crippen LogP contribution in [0.3, 0.4) is 0 Å². The first kappa shape index (κ1) is 28.5. The Balaban J connectivity index is 2.03. The third-order valence-corrected chi connectivity index (χ3v) is 8.00. The number of aryl methyl sites for hydroxylation is 1. The van der Waals surface area contributed by atoms with E-state index in [2.05, 4.69) is 5.32 Å². The number of carbonyl (C=O) groups excluding carboxylic acids is 2. The normalized spacial score (nSPS) is 12.0. The maximum absolute atomic E-state index is 13.8. The van der Waals surface area contributed by atoms with E-state index in [1.54, 1.807) is 68.4 Å². The molecule has 0 saturated heterocycles. The molecule has 1 atom stereocenters. The summed E-state index contributed by atoms with van der Waals surface area (Å²) >= 11 is 12.3. The zero-order valence-electron chi connectivity index (χ0n) is 20.8. The monoisotopic (exact) mass is 561 g/mol. The second-order valence-electron chi connectivity index (χ2n) is 8.53. The average Bonchev–Trinajstić information content (AvgIpc) is 2.85. The minimum absolute atomic E-state index is 0.0315. The van der Waals surface area contributed by atoms with Crippen LogP contribution in [0.15, 0.2) is 77.7 Å². The summed E-state index contributed by atoms with van der Waals surface area (Å²) < 4.78 is 28.5. The van der Waals surface area contributed by atoms with Crippen molar-refractivity contribution >= 4 is 50.7 Å². The second-order valence-corrected chi connectivity index (χ2v) is 11.3. The summed E-state index contributed by atoms with van der Waals surface area (Å²) in [5.41, 5.74) is 1.83. The molecule has 3 rings (SSSR count). The van der Waals surface area contributed by atoms with Gasteiger partial charge in [0.1, 0.15) is 12.6 Å². The highest BCUT2D eigenvalue weighted by Gasteiger charge is 2.32. The molecule has 10 heteroatoms. The molecule has 1 N–H and O–H groups in total. The number of carbonyl (C=O) groups is 2. The first-order valence-electron chi connectivity index (χ1n) is 11.7. The van der Waals surface area contributed by atoms with E-state index in [9.17, 15) is 18.0 Å². The Morgan fingerprint density at radius 2 is 1.57 bits per heavy atom. The third kappa shape index (κ3) is 7.25. The Morgan fingerprint density at radius 3 is 2.16 bits per heavy atom. The van der Waals surface area contributed by atoms with Gasteiger partial charge in [-0.1, -0.05) is 59.1 Å². The van der Waals surface area contributed by atoms with Crippen molar-refractivity contribution in [3.05, 3.63) is 94.0 Å². The van der Waals surface area contributed by atoms with Gasteiger partial charge in [-0.3, -0.25) is 13.9 Å². The Morgan fingerprint density at radius 1 is 0.946 bits per heavy atom. The lowest BCUT2D eigenvalue weighted by Crippen LogP contribution is -2.51. The molecule has 0 spiro atoms. The molecular weight excluding hydrogens is 533 g/mol. The number of hydrogen-bond donors (Lipinski definition) is 1. The van der Waals surface area contributed by atoms with E-state index in [-0.39, 0.29) is 23.0 Å². The molecule has 0 aliphatic heterocycles. The van der Waals surface area contributed by atoms with Crippen LogP contribution in [0.25, 0.3) is 0 Å². The van der Waals surface area contributed by atoms with Crippen molar-refractivity contribution in [1.82, 2.24) is 10.2 Å². The second kappa shape index (κ2) is 12.4. The largest absolute Gasteiger partial charge is 0.355 e. The van der Waals surface area contributed by atoms with Gasteiger partial charge in [0.25, 0.3) is 10.0 Å². The average molecular weight is 563 g/mol. The highest BCUT2D eigenvalue weighted by atomic mass is 35.5. The highest BCUT2D eigenvalue weighted by molar-refractivity contribution is 7.92. The minimum atomic E-state index is -4.15. The molecule has 0 aliphatic rings. The molecule has 0 unspecified atom stereocenters. The summed E-state index contributed by atoms with van der Waals surface area (Å²) in [7, 11) is -4.15. The maximum Gasteiger partial charge on any atom is 0.264 e. The van der Waals surface area contributed by atoms with Gasteiger partial charge in [-0.15, -0.1) is 0 Å². The molecule has 0 aromatic heterocycles. The van der Waals surface area contributed by atoms with Gasteiger partial charge in [-0.05, 0) is 68.8 Å². The molecule has 0 radical (unpaired) electrons. The lowest BCUT2D eigenvalue weighted by atomic mass is 10.1. The maximum atomic E-state index is 13.8. The first-order chi connectivity index (χ1) is 17.5. The fourth-order valence-electron chi connectivity index (χ4n) is 3.73. The molecule has 7 nitrogen and oxygen atoms in total. The number of likely N-dealkylation sites (N-methyl/N-ethyl adjacent to an activating group) is 1. The number of nitrogens with one attached hydrogen (secondary N) is 1. The first-order valence-corrected chi connectivity index (χ1v) is 13.9. The van der Waals surface area contributed by atoms with Crippen LogP contribution in [-0.2, 0) is 26.2 Å². The summed E-state index contributed by atoms with van der Waals surface area (Å²) in [5.74, 6) is -0.914. The van der Waals surface area contributed by atoms with Gasteiger partial charge < -0.3 is 10.2 Å². The molecule has 2 amide bonds. The summed E-state index contributed by atoms with van der Waals surface area (Å²) in [6.45, 7) is 5.14. The van der Waals surface area contributed by atoms with Gasteiger partial charge >= 0.3 is 0 Å². The van der Waals surface area contributed by atoms with Crippen LogP contribution < -0.4 is 9.62 Å². The Hall–Kier alpha value is -3.07. The fourth-order valence-corrected chi connectivity index (χ4v) is 5.54. The quantitative estimate of drug-likeness (QED) is 0.375. The van der Waals surface area contributed by atoms with E-state index in [1.807, 2.05) is 6.92 Å². The Bertz CT molecular complexity index is 1360. The van der Waals surface area contributed by atoms with Crippen molar-refractivity contribution < 1.29 is 18.0 Å². The zero-order valence-corrected chi connectivity index (χ0v) is 23.1. The van der Waals surface area contributed by atoms with E-state index in [0.717, 1.165) is 9.87 Å². The fraction of sp³-hybridized carbons (Fsp3) is 0.259. The van der Waals surface area contributed by atoms with Crippen LogP contribution in [0.1, 0.15) is 25.0 Å². The van der Waals surface area contributed by atoms with E-state index in [0.29, 0.717) is 22.2 Å². The molecule has 0 heterocycles. The van der Waals surface area contributed by atoms with Crippen LogP contribution in [0.4, 0.5) is 5.69 Å².